The summed E-state index contributed by atoms with van der Waals surface area (Å²) in [6.07, 6.45) is 0. The number of aromatic nitrogens is 2. The van der Waals surface area contributed by atoms with Gasteiger partial charge in [0.2, 0.25) is 0 Å². The first-order chi connectivity index (χ1) is 13.5. The molecular weight excluding hydrogens is 350 g/mol. The summed E-state index contributed by atoms with van der Waals surface area (Å²) in [5, 5.41) is 11.5. The predicted molar refractivity (Wildman–Crippen MR) is 111 cm³/mol. The molecule has 0 radical (unpaired) electrons. The number of hydrogen-bond acceptors (Lipinski definition) is 3. The molecule has 3 aromatic carbocycles. The highest BCUT2D eigenvalue weighted by Gasteiger charge is 2.21. The van der Waals surface area contributed by atoms with Crippen molar-refractivity contribution < 1.29 is 4.92 Å². The number of nitrogens with zero attached hydrogens (tertiary/aromatic N) is 2. The van der Waals surface area contributed by atoms with Crippen LogP contribution in [0.5, 0.6) is 0 Å². The third kappa shape index (κ3) is 3.18. The molecule has 0 spiro atoms. The van der Waals surface area contributed by atoms with Crippen LogP contribution in [-0.2, 0) is 0 Å². The molecule has 4 aromatic rings. The van der Waals surface area contributed by atoms with Crippen molar-refractivity contribution in [2.75, 3.05) is 0 Å². The SMILES string of the molecule is Cc1ccc(-c2nc(-c3ccccc3[N+](=O)[O-])[nH]c2-c2ccccc2)cc1C. The summed E-state index contributed by atoms with van der Waals surface area (Å²) in [6.45, 7) is 4.14. The minimum absolute atomic E-state index is 0.0301. The van der Waals surface area contributed by atoms with Crippen LogP contribution < -0.4 is 0 Å². The van der Waals surface area contributed by atoms with Gasteiger partial charge in [0.1, 0.15) is 5.82 Å². The number of imidazole rings is 1. The lowest BCUT2D eigenvalue weighted by Gasteiger charge is -2.06. The highest BCUT2D eigenvalue weighted by molar-refractivity contribution is 5.83. The summed E-state index contributed by atoms with van der Waals surface area (Å²) in [4.78, 5) is 19.2. The fourth-order valence-corrected chi connectivity index (χ4v) is 3.25. The number of rotatable bonds is 4. The number of benzene rings is 3. The van der Waals surface area contributed by atoms with E-state index >= 15 is 0 Å². The highest BCUT2D eigenvalue weighted by atomic mass is 16.6. The van der Waals surface area contributed by atoms with Gasteiger partial charge in [-0.1, -0.05) is 54.6 Å². The first-order valence-corrected chi connectivity index (χ1v) is 9.01. The number of aromatic amines is 1. The van der Waals surface area contributed by atoms with Crippen LogP contribution in [0.3, 0.4) is 0 Å². The average molecular weight is 369 g/mol. The van der Waals surface area contributed by atoms with Crippen molar-refractivity contribution in [1.29, 1.82) is 0 Å². The van der Waals surface area contributed by atoms with Crippen molar-refractivity contribution in [2.24, 2.45) is 0 Å². The molecule has 1 heterocycles. The summed E-state index contributed by atoms with van der Waals surface area (Å²) in [7, 11) is 0. The molecule has 0 bridgehead atoms. The number of nitro benzene ring substituents is 1. The van der Waals surface area contributed by atoms with Crippen molar-refractivity contribution in [1.82, 2.24) is 9.97 Å². The van der Waals surface area contributed by atoms with Gasteiger partial charge in [-0.15, -0.1) is 0 Å². The zero-order chi connectivity index (χ0) is 19.7. The van der Waals surface area contributed by atoms with E-state index < -0.39 is 0 Å². The molecule has 0 saturated carbocycles. The Hall–Kier alpha value is -3.73. The van der Waals surface area contributed by atoms with Gasteiger partial charge in [0, 0.05) is 17.2 Å². The average Bonchev–Trinajstić information content (AvgIpc) is 3.16. The van der Waals surface area contributed by atoms with E-state index in [1.807, 2.05) is 36.4 Å². The molecule has 0 aliphatic carbocycles. The second-order valence-corrected chi connectivity index (χ2v) is 6.75. The molecule has 0 unspecified atom stereocenters. The number of para-hydroxylation sites is 1. The molecule has 5 nitrogen and oxygen atoms in total. The number of hydrogen-bond donors (Lipinski definition) is 1. The normalized spacial score (nSPS) is 10.8. The molecule has 0 saturated heterocycles. The van der Waals surface area contributed by atoms with Crippen molar-refractivity contribution in [3.8, 4) is 33.9 Å². The number of aryl methyl sites for hydroxylation is 2. The minimum Gasteiger partial charge on any atom is -0.337 e. The largest absolute Gasteiger partial charge is 0.337 e. The van der Waals surface area contributed by atoms with Gasteiger partial charge in [-0.25, -0.2) is 4.98 Å². The van der Waals surface area contributed by atoms with E-state index in [4.69, 9.17) is 4.98 Å². The molecule has 138 valence electrons. The van der Waals surface area contributed by atoms with Crippen LogP contribution in [-0.4, -0.2) is 14.9 Å². The van der Waals surface area contributed by atoms with E-state index in [1.54, 1.807) is 18.2 Å². The lowest BCUT2D eigenvalue weighted by Crippen LogP contribution is -1.92. The van der Waals surface area contributed by atoms with Crippen molar-refractivity contribution in [3.05, 3.63) is 94.0 Å². The Morgan fingerprint density at radius 1 is 0.857 bits per heavy atom. The van der Waals surface area contributed by atoms with Gasteiger partial charge in [0.05, 0.1) is 21.9 Å². The molecule has 1 N–H and O–H groups in total. The fraction of sp³-hybridized carbons (Fsp3) is 0.0870. The molecular formula is C23H19N3O2. The maximum atomic E-state index is 11.5. The van der Waals surface area contributed by atoms with Crippen LogP contribution in [0, 0.1) is 24.0 Å². The molecule has 0 aliphatic heterocycles. The second kappa shape index (κ2) is 7.12. The first-order valence-electron chi connectivity index (χ1n) is 9.01. The third-order valence-electron chi connectivity index (χ3n) is 4.90. The number of nitro groups is 1. The zero-order valence-electron chi connectivity index (χ0n) is 15.6. The second-order valence-electron chi connectivity index (χ2n) is 6.75. The molecule has 0 aliphatic rings. The van der Waals surface area contributed by atoms with Gasteiger partial charge >= 0.3 is 0 Å². The summed E-state index contributed by atoms with van der Waals surface area (Å²) in [5.41, 5.74) is 6.46. The Labute approximate surface area is 162 Å². The van der Waals surface area contributed by atoms with Crippen LogP contribution in [0.1, 0.15) is 11.1 Å². The maximum Gasteiger partial charge on any atom is 0.280 e. The van der Waals surface area contributed by atoms with E-state index in [0.717, 1.165) is 22.5 Å². The van der Waals surface area contributed by atoms with E-state index in [0.29, 0.717) is 11.4 Å². The number of H-pyrrole nitrogens is 1. The summed E-state index contributed by atoms with van der Waals surface area (Å²) in [5.74, 6) is 0.486. The summed E-state index contributed by atoms with van der Waals surface area (Å²) in [6, 6.07) is 22.7. The standard InChI is InChI=1S/C23H19N3O2/c1-15-12-13-18(14-16(15)2)22-21(17-8-4-3-5-9-17)24-23(25-22)19-10-6-7-11-20(19)26(27)28/h3-14H,1-2H3,(H,24,25). The Morgan fingerprint density at radius 2 is 1.57 bits per heavy atom. The van der Waals surface area contributed by atoms with Crippen LogP contribution in [0.2, 0.25) is 0 Å². The molecule has 1 aromatic heterocycles. The van der Waals surface area contributed by atoms with Crippen LogP contribution in [0.25, 0.3) is 33.9 Å². The van der Waals surface area contributed by atoms with E-state index in [-0.39, 0.29) is 10.6 Å². The maximum absolute atomic E-state index is 11.5. The molecule has 4 rings (SSSR count). The first kappa shape index (κ1) is 17.7. The molecule has 0 atom stereocenters. The van der Waals surface area contributed by atoms with Gasteiger partial charge in [0.25, 0.3) is 5.69 Å². The summed E-state index contributed by atoms with van der Waals surface area (Å²) >= 11 is 0. The smallest absolute Gasteiger partial charge is 0.280 e. The van der Waals surface area contributed by atoms with Crippen molar-refractivity contribution >= 4 is 5.69 Å². The zero-order valence-corrected chi connectivity index (χ0v) is 15.6. The third-order valence-corrected chi connectivity index (χ3v) is 4.90. The van der Waals surface area contributed by atoms with Crippen LogP contribution in [0.4, 0.5) is 5.69 Å². The fourth-order valence-electron chi connectivity index (χ4n) is 3.25. The van der Waals surface area contributed by atoms with Gasteiger partial charge in [-0.3, -0.25) is 10.1 Å². The van der Waals surface area contributed by atoms with Gasteiger partial charge in [0.15, 0.2) is 0 Å². The summed E-state index contributed by atoms with van der Waals surface area (Å²) < 4.78 is 0. The molecule has 0 fully saturated rings. The van der Waals surface area contributed by atoms with Gasteiger partial charge in [-0.2, -0.15) is 0 Å². The van der Waals surface area contributed by atoms with Crippen molar-refractivity contribution in [2.45, 2.75) is 13.8 Å². The monoisotopic (exact) mass is 369 g/mol. The van der Waals surface area contributed by atoms with E-state index in [2.05, 4.69) is 31.0 Å². The van der Waals surface area contributed by atoms with Gasteiger partial charge < -0.3 is 4.98 Å². The van der Waals surface area contributed by atoms with E-state index in [1.165, 1.54) is 17.2 Å². The molecule has 0 amide bonds. The quantitative estimate of drug-likeness (QED) is 0.358. The molecule has 28 heavy (non-hydrogen) atoms. The van der Waals surface area contributed by atoms with Gasteiger partial charge in [-0.05, 0) is 37.1 Å². The minimum atomic E-state index is -0.379. The Kier molecular flexibility index (Phi) is 4.49. The lowest BCUT2D eigenvalue weighted by atomic mass is 10.0. The highest BCUT2D eigenvalue weighted by Crippen LogP contribution is 2.36. The number of nitrogens with one attached hydrogen (secondary N) is 1. The Balaban J connectivity index is 1.95. The van der Waals surface area contributed by atoms with E-state index in [9.17, 15) is 10.1 Å². The molecule has 5 heteroatoms. The van der Waals surface area contributed by atoms with Crippen LogP contribution >= 0.6 is 0 Å². The topological polar surface area (TPSA) is 71.8 Å². The Morgan fingerprint density at radius 3 is 2.29 bits per heavy atom. The predicted octanol–water partition coefficient (Wildman–Crippen LogP) is 5.94. The van der Waals surface area contributed by atoms with Crippen molar-refractivity contribution in [3.63, 3.8) is 0 Å². The van der Waals surface area contributed by atoms with Crippen LogP contribution in [0.15, 0.2) is 72.8 Å². The lowest BCUT2D eigenvalue weighted by molar-refractivity contribution is -0.384. The Bertz CT molecular complexity index is 1160.